The fraction of sp³-hybridized carbons (Fsp3) is 0.333. The van der Waals surface area contributed by atoms with Crippen LogP contribution in [0.1, 0.15) is 19.4 Å². The van der Waals surface area contributed by atoms with E-state index in [1.807, 2.05) is 13.8 Å². The Kier molecular flexibility index (Phi) is 6.24. The van der Waals surface area contributed by atoms with Gasteiger partial charge in [0.15, 0.2) is 6.61 Å². The Morgan fingerprint density at radius 3 is 2.62 bits per heavy atom. The van der Waals surface area contributed by atoms with Crippen LogP contribution in [0.15, 0.2) is 24.3 Å². The van der Waals surface area contributed by atoms with Crippen LogP contribution in [-0.4, -0.2) is 41.6 Å². The van der Waals surface area contributed by atoms with Crippen molar-refractivity contribution in [1.82, 2.24) is 4.90 Å². The van der Waals surface area contributed by atoms with Gasteiger partial charge in [-0.3, -0.25) is 4.79 Å². The fourth-order valence-corrected chi connectivity index (χ4v) is 1.68. The Labute approximate surface area is 128 Å². The maximum Gasteiger partial charge on any atom is 0.328 e. The highest BCUT2D eigenvalue weighted by Crippen LogP contribution is 2.26. The molecule has 0 saturated heterocycles. The molecule has 1 aromatic carbocycles. The van der Waals surface area contributed by atoms with Crippen LogP contribution in [0.5, 0.6) is 5.75 Å². The Morgan fingerprint density at radius 2 is 2.10 bits per heavy atom. The molecule has 0 saturated carbocycles. The normalized spacial score (nSPS) is 10.9. The zero-order valence-corrected chi connectivity index (χ0v) is 12.9. The first-order valence-corrected chi connectivity index (χ1v) is 6.78. The molecular weight excluding hydrogens is 294 g/mol. The third-order valence-corrected chi connectivity index (χ3v) is 3.19. The summed E-state index contributed by atoms with van der Waals surface area (Å²) in [5.41, 5.74) is 0.639. The third kappa shape index (κ3) is 5.47. The molecule has 0 unspecified atom stereocenters. The van der Waals surface area contributed by atoms with Crippen LogP contribution in [0, 0.1) is 0 Å². The average Bonchev–Trinajstić information content (AvgIpc) is 2.42. The Balaban J connectivity index is 2.69. The first-order valence-electron chi connectivity index (χ1n) is 6.40. The largest absolute Gasteiger partial charge is 0.482 e. The van der Waals surface area contributed by atoms with Gasteiger partial charge in [-0.2, -0.15) is 0 Å². The zero-order chi connectivity index (χ0) is 16.0. The predicted octanol–water partition coefficient (Wildman–Crippen LogP) is 2.68. The van der Waals surface area contributed by atoms with Gasteiger partial charge in [0.05, 0.1) is 5.02 Å². The maximum absolute atomic E-state index is 11.8. The quantitative estimate of drug-likeness (QED) is 0.820. The number of aliphatic carboxylic acids is 1. The van der Waals surface area contributed by atoms with Crippen molar-refractivity contribution in [3.63, 3.8) is 0 Å². The minimum atomic E-state index is -1.03. The minimum Gasteiger partial charge on any atom is -0.482 e. The molecule has 0 bridgehead atoms. The summed E-state index contributed by atoms with van der Waals surface area (Å²) >= 11 is 6.04. The van der Waals surface area contributed by atoms with Crippen molar-refractivity contribution in [3.8, 4) is 5.75 Å². The monoisotopic (exact) mass is 311 g/mol. The molecule has 0 fully saturated rings. The Bertz CT molecular complexity index is 555. The molecule has 1 aromatic rings. The summed E-state index contributed by atoms with van der Waals surface area (Å²) in [6.45, 7) is 3.72. The number of nitrogens with zero attached hydrogens (tertiary/aromatic N) is 1. The van der Waals surface area contributed by atoms with Gasteiger partial charge in [-0.1, -0.05) is 17.7 Å². The van der Waals surface area contributed by atoms with Crippen LogP contribution < -0.4 is 4.74 Å². The summed E-state index contributed by atoms with van der Waals surface area (Å²) in [7, 11) is 1.71. The molecule has 0 aliphatic heterocycles. The molecule has 21 heavy (non-hydrogen) atoms. The van der Waals surface area contributed by atoms with Gasteiger partial charge in [-0.05, 0) is 37.6 Å². The number of likely N-dealkylation sites (N-methyl/N-ethyl adjacent to an activating group) is 1. The first-order chi connectivity index (χ1) is 9.81. The van der Waals surface area contributed by atoms with Crippen molar-refractivity contribution in [2.45, 2.75) is 19.9 Å². The van der Waals surface area contributed by atoms with E-state index in [9.17, 15) is 9.59 Å². The number of benzene rings is 1. The number of carboxylic acids is 1. The Morgan fingerprint density at radius 1 is 1.43 bits per heavy atom. The van der Waals surface area contributed by atoms with Crippen LogP contribution >= 0.6 is 11.6 Å². The van der Waals surface area contributed by atoms with E-state index in [-0.39, 0.29) is 18.6 Å². The van der Waals surface area contributed by atoms with Crippen molar-refractivity contribution < 1.29 is 19.4 Å². The summed E-state index contributed by atoms with van der Waals surface area (Å²) in [4.78, 5) is 23.8. The smallest absolute Gasteiger partial charge is 0.328 e. The Hall–Kier alpha value is -2.01. The average molecular weight is 312 g/mol. The lowest BCUT2D eigenvalue weighted by atomic mass is 10.2. The number of carbonyl (C=O) groups excluding carboxylic acids is 1. The minimum absolute atomic E-state index is 0.0973. The van der Waals surface area contributed by atoms with Crippen LogP contribution in [0.3, 0.4) is 0 Å². The lowest BCUT2D eigenvalue weighted by Gasteiger charge is -2.21. The number of carbonyl (C=O) groups is 2. The molecule has 6 heteroatoms. The van der Waals surface area contributed by atoms with Gasteiger partial charge in [0, 0.05) is 19.2 Å². The highest BCUT2D eigenvalue weighted by molar-refractivity contribution is 6.32. The lowest BCUT2D eigenvalue weighted by molar-refractivity contribution is -0.133. The molecule has 1 N–H and O–H groups in total. The van der Waals surface area contributed by atoms with Gasteiger partial charge >= 0.3 is 5.97 Å². The summed E-state index contributed by atoms with van der Waals surface area (Å²) in [5.74, 6) is -0.792. The molecule has 0 aliphatic rings. The van der Waals surface area contributed by atoms with Gasteiger partial charge in [0.25, 0.3) is 5.91 Å². The molecule has 114 valence electrons. The molecule has 0 radical (unpaired) electrons. The SMILES string of the molecule is CC(C)N(C)C(=O)COc1ccc(C=CC(=O)O)cc1Cl. The fourth-order valence-electron chi connectivity index (χ4n) is 1.43. The van der Waals surface area contributed by atoms with E-state index in [1.54, 1.807) is 30.1 Å². The molecule has 5 nitrogen and oxygen atoms in total. The van der Waals surface area contributed by atoms with Crippen LogP contribution in [0.4, 0.5) is 0 Å². The van der Waals surface area contributed by atoms with Crippen LogP contribution in [0.2, 0.25) is 5.02 Å². The summed E-state index contributed by atoms with van der Waals surface area (Å²) in [5, 5.41) is 8.88. The van der Waals surface area contributed by atoms with Gasteiger partial charge in [0.1, 0.15) is 5.75 Å². The summed E-state index contributed by atoms with van der Waals surface area (Å²) in [6.07, 6.45) is 2.45. The van der Waals surface area contributed by atoms with Crippen molar-refractivity contribution >= 4 is 29.6 Å². The van der Waals surface area contributed by atoms with Gasteiger partial charge in [-0.25, -0.2) is 4.79 Å². The van der Waals surface area contributed by atoms with E-state index in [4.69, 9.17) is 21.4 Å². The van der Waals surface area contributed by atoms with Gasteiger partial charge < -0.3 is 14.7 Å². The standard InChI is InChI=1S/C15H18ClNO4/c1-10(2)17(3)14(18)9-21-13-6-4-11(8-12(13)16)5-7-15(19)20/h4-8,10H,9H2,1-3H3,(H,19,20). The molecule has 1 rings (SSSR count). The molecule has 0 heterocycles. The number of amides is 1. The van der Waals surface area contributed by atoms with E-state index in [0.717, 1.165) is 6.08 Å². The summed E-state index contributed by atoms with van der Waals surface area (Å²) in [6, 6.07) is 4.94. The number of rotatable bonds is 6. The lowest BCUT2D eigenvalue weighted by Crippen LogP contribution is -2.36. The topological polar surface area (TPSA) is 66.8 Å². The molecule has 0 atom stereocenters. The second-order valence-corrected chi connectivity index (χ2v) is 5.16. The second-order valence-electron chi connectivity index (χ2n) is 4.75. The third-order valence-electron chi connectivity index (χ3n) is 2.89. The summed E-state index contributed by atoms with van der Waals surface area (Å²) < 4.78 is 5.39. The molecule has 0 aliphatic carbocycles. The number of hydrogen-bond donors (Lipinski definition) is 1. The zero-order valence-electron chi connectivity index (χ0n) is 12.2. The van der Waals surface area contributed by atoms with Crippen LogP contribution in [0.25, 0.3) is 6.08 Å². The second kappa shape index (κ2) is 7.69. The van der Waals surface area contributed by atoms with Crippen molar-refractivity contribution in [2.75, 3.05) is 13.7 Å². The molecular formula is C15H18ClNO4. The first kappa shape index (κ1) is 17.0. The van der Waals surface area contributed by atoms with Crippen LogP contribution in [-0.2, 0) is 9.59 Å². The molecule has 0 spiro atoms. The van der Waals surface area contributed by atoms with Gasteiger partial charge in [-0.15, -0.1) is 0 Å². The molecule has 1 amide bonds. The number of ether oxygens (including phenoxy) is 1. The van der Waals surface area contributed by atoms with E-state index >= 15 is 0 Å². The highest BCUT2D eigenvalue weighted by atomic mass is 35.5. The maximum atomic E-state index is 11.8. The van der Waals surface area contributed by atoms with E-state index < -0.39 is 5.97 Å². The van der Waals surface area contributed by atoms with Crippen molar-refractivity contribution in [2.24, 2.45) is 0 Å². The van der Waals surface area contributed by atoms with Crippen molar-refractivity contribution in [1.29, 1.82) is 0 Å². The number of carboxylic acid groups (broad SMARTS) is 1. The number of hydrogen-bond acceptors (Lipinski definition) is 3. The van der Waals surface area contributed by atoms with Gasteiger partial charge in [0.2, 0.25) is 0 Å². The van der Waals surface area contributed by atoms with E-state index in [0.29, 0.717) is 16.3 Å². The highest BCUT2D eigenvalue weighted by Gasteiger charge is 2.13. The number of halogens is 1. The predicted molar refractivity (Wildman–Crippen MR) is 81.5 cm³/mol. The van der Waals surface area contributed by atoms with E-state index in [2.05, 4.69) is 0 Å². The van der Waals surface area contributed by atoms with E-state index in [1.165, 1.54) is 6.08 Å². The molecule has 0 aromatic heterocycles. The van der Waals surface area contributed by atoms with Crippen molar-refractivity contribution in [3.05, 3.63) is 34.9 Å².